The molecule has 2 heterocycles. The molecule has 3 rings (SSSR count). The minimum Gasteiger partial charge on any atom is -0.491 e. The van der Waals surface area contributed by atoms with Crippen LogP contribution in [0.3, 0.4) is 0 Å². The highest BCUT2D eigenvalue weighted by atomic mass is 127. The van der Waals surface area contributed by atoms with Crippen molar-refractivity contribution in [3.63, 3.8) is 0 Å². The van der Waals surface area contributed by atoms with E-state index in [4.69, 9.17) is 10.5 Å². The molecule has 1 saturated heterocycles. The third kappa shape index (κ3) is 3.37. The van der Waals surface area contributed by atoms with Gasteiger partial charge in [-0.3, -0.25) is 0 Å². The molecule has 1 fully saturated rings. The van der Waals surface area contributed by atoms with E-state index in [1.54, 1.807) is 0 Å². The summed E-state index contributed by atoms with van der Waals surface area (Å²) in [7, 11) is 0. The minimum atomic E-state index is 0. The molecule has 20 heavy (non-hydrogen) atoms. The maximum Gasteiger partial charge on any atom is 0.191 e. The van der Waals surface area contributed by atoms with Gasteiger partial charge in [-0.1, -0.05) is 31.0 Å². The third-order valence-corrected chi connectivity index (χ3v) is 3.89. The van der Waals surface area contributed by atoms with E-state index < -0.39 is 0 Å². The van der Waals surface area contributed by atoms with Gasteiger partial charge in [0, 0.05) is 18.7 Å². The first-order valence-corrected chi connectivity index (χ1v) is 7.14. The van der Waals surface area contributed by atoms with Gasteiger partial charge < -0.3 is 15.4 Å². The van der Waals surface area contributed by atoms with Crippen LogP contribution in [0.4, 0.5) is 0 Å². The van der Waals surface area contributed by atoms with Gasteiger partial charge in [-0.15, -0.1) is 24.0 Å². The van der Waals surface area contributed by atoms with Crippen molar-refractivity contribution in [2.45, 2.75) is 31.7 Å². The summed E-state index contributed by atoms with van der Waals surface area (Å²) < 4.78 is 5.64. The second-order valence-electron chi connectivity index (χ2n) is 5.25. The Kier molecular flexibility index (Phi) is 5.51. The summed E-state index contributed by atoms with van der Waals surface area (Å²) in [6, 6.07) is 8.14. The number of aliphatic imine (C=N–C) groups is 1. The predicted molar refractivity (Wildman–Crippen MR) is 91.8 cm³/mol. The predicted octanol–water partition coefficient (Wildman–Crippen LogP) is 2.93. The molecule has 5 heteroatoms. The van der Waals surface area contributed by atoms with Crippen LogP contribution in [0.2, 0.25) is 0 Å². The second-order valence-corrected chi connectivity index (χ2v) is 5.25. The van der Waals surface area contributed by atoms with Crippen molar-refractivity contribution in [2.24, 2.45) is 10.7 Å². The molecule has 1 aromatic carbocycles. The Hall–Kier alpha value is -0.980. The maximum absolute atomic E-state index is 6.18. The number of nitrogens with zero attached hydrogens (tertiary/aromatic N) is 2. The second kappa shape index (κ2) is 7.15. The maximum atomic E-state index is 6.18. The Balaban J connectivity index is 0.00000147. The lowest BCUT2D eigenvalue weighted by Gasteiger charge is -2.22. The van der Waals surface area contributed by atoms with Crippen LogP contribution in [0.5, 0.6) is 5.75 Å². The number of halogens is 1. The van der Waals surface area contributed by atoms with Crippen LogP contribution in [0.15, 0.2) is 29.3 Å². The van der Waals surface area contributed by atoms with Crippen molar-refractivity contribution in [3.05, 3.63) is 29.8 Å². The standard InChI is InChI=1S/C15H21N3O.HI/c16-15(18-9-5-1-2-6-10-18)17-13-11-19-14-8-4-3-7-12(13)14;/h3-4,7-8,13H,1-2,5-6,9-11H2,(H2,16,17);1H. The van der Waals surface area contributed by atoms with Crippen molar-refractivity contribution in [1.29, 1.82) is 0 Å². The van der Waals surface area contributed by atoms with Crippen LogP contribution in [0.1, 0.15) is 37.3 Å². The Bertz CT molecular complexity index is 470. The van der Waals surface area contributed by atoms with Crippen LogP contribution in [0, 0.1) is 0 Å². The average Bonchev–Trinajstić information content (AvgIpc) is 2.66. The molecule has 0 spiro atoms. The van der Waals surface area contributed by atoms with Crippen molar-refractivity contribution < 1.29 is 4.74 Å². The zero-order valence-electron chi connectivity index (χ0n) is 11.6. The Labute approximate surface area is 137 Å². The van der Waals surface area contributed by atoms with Gasteiger partial charge in [0.2, 0.25) is 0 Å². The summed E-state index contributed by atoms with van der Waals surface area (Å²) in [5.41, 5.74) is 7.33. The quantitative estimate of drug-likeness (QED) is 0.458. The molecule has 1 atom stereocenters. The van der Waals surface area contributed by atoms with E-state index in [2.05, 4.69) is 16.0 Å². The molecule has 0 bridgehead atoms. The Morgan fingerprint density at radius 1 is 1.15 bits per heavy atom. The molecule has 0 amide bonds. The summed E-state index contributed by atoms with van der Waals surface area (Å²) >= 11 is 0. The molecule has 2 aliphatic heterocycles. The number of hydrogen-bond acceptors (Lipinski definition) is 2. The SMILES string of the molecule is I.NC(=NC1COc2ccccc21)N1CCCCCC1. The molecule has 0 aliphatic carbocycles. The molecule has 2 aliphatic rings. The van der Waals surface area contributed by atoms with Crippen molar-refractivity contribution in [1.82, 2.24) is 4.90 Å². The molecule has 1 aromatic rings. The van der Waals surface area contributed by atoms with Crippen LogP contribution in [0.25, 0.3) is 0 Å². The lowest BCUT2D eigenvalue weighted by molar-refractivity contribution is 0.331. The number of likely N-dealkylation sites (tertiary alicyclic amines) is 1. The molecule has 4 nitrogen and oxygen atoms in total. The fourth-order valence-corrected chi connectivity index (χ4v) is 2.79. The lowest BCUT2D eigenvalue weighted by atomic mass is 10.1. The summed E-state index contributed by atoms with van der Waals surface area (Å²) in [6.07, 6.45) is 5.04. The molecular formula is C15H22IN3O. The number of rotatable bonds is 1. The molecule has 0 saturated carbocycles. The number of hydrogen-bond donors (Lipinski definition) is 1. The van der Waals surface area contributed by atoms with Gasteiger partial charge in [-0.25, -0.2) is 4.99 Å². The van der Waals surface area contributed by atoms with Gasteiger partial charge in [0.15, 0.2) is 5.96 Å². The molecule has 0 radical (unpaired) electrons. The fourth-order valence-electron chi connectivity index (χ4n) is 2.79. The Morgan fingerprint density at radius 3 is 2.60 bits per heavy atom. The van der Waals surface area contributed by atoms with E-state index >= 15 is 0 Å². The number of guanidine groups is 1. The van der Waals surface area contributed by atoms with E-state index in [1.807, 2.05) is 18.2 Å². The largest absolute Gasteiger partial charge is 0.491 e. The number of para-hydroxylation sites is 1. The molecule has 2 N–H and O–H groups in total. The summed E-state index contributed by atoms with van der Waals surface area (Å²) in [5.74, 6) is 1.62. The summed E-state index contributed by atoms with van der Waals surface area (Å²) in [5, 5.41) is 0. The van der Waals surface area contributed by atoms with E-state index in [1.165, 1.54) is 25.7 Å². The lowest BCUT2D eigenvalue weighted by Crippen LogP contribution is -2.38. The van der Waals surface area contributed by atoms with Crippen LogP contribution < -0.4 is 10.5 Å². The first kappa shape index (κ1) is 15.4. The van der Waals surface area contributed by atoms with E-state index in [9.17, 15) is 0 Å². The van der Waals surface area contributed by atoms with E-state index in [0.717, 1.165) is 24.4 Å². The molecular weight excluding hydrogens is 365 g/mol. The van der Waals surface area contributed by atoms with Crippen LogP contribution in [-0.2, 0) is 0 Å². The van der Waals surface area contributed by atoms with E-state index in [0.29, 0.717) is 12.6 Å². The van der Waals surface area contributed by atoms with Crippen molar-refractivity contribution >= 4 is 29.9 Å². The first-order chi connectivity index (χ1) is 9.34. The highest BCUT2D eigenvalue weighted by Gasteiger charge is 2.24. The first-order valence-electron chi connectivity index (χ1n) is 7.14. The van der Waals surface area contributed by atoms with Gasteiger partial charge >= 0.3 is 0 Å². The zero-order valence-corrected chi connectivity index (χ0v) is 14.0. The summed E-state index contributed by atoms with van der Waals surface area (Å²) in [4.78, 5) is 6.89. The Morgan fingerprint density at radius 2 is 1.85 bits per heavy atom. The molecule has 0 aromatic heterocycles. The van der Waals surface area contributed by atoms with Crippen LogP contribution >= 0.6 is 24.0 Å². The fraction of sp³-hybridized carbons (Fsp3) is 0.533. The van der Waals surface area contributed by atoms with Gasteiger partial charge in [0.05, 0.1) is 0 Å². The van der Waals surface area contributed by atoms with Crippen LogP contribution in [-0.4, -0.2) is 30.6 Å². The van der Waals surface area contributed by atoms with E-state index in [-0.39, 0.29) is 30.0 Å². The third-order valence-electron chi connectivity index (χ3n) is 3.89. The number of ether oxygens (including phenoxy) is 1. The van der Waals surface area contributed by atoms with Gasteiger partial charge in [0.1, 0.15) is 18.4 Å². The topological polar surface area (TPSA) is 50.9 Å². The molecule has 110 valence electrons. The number of fused-ring (bicyclic) bond motifs is 1. The summed E-state index contributed by atoms with van der Waals surface area (Å²) in [6.45, 7) is 2.67. The monoisotopic (exact) mass is 387 g/mol. The van der Waals surface area contributed by atoms with Gasteiger partial charge in [-0.2, -0.15) is 0 Å². The minimum absolute atomic E-state index is 0. The smallest absolute Gasteiger partial charge is 0.191 e. The van der Waals surface area contributed by atoms with Crippen molar-refractivity contribution in [3.8, 4) is 5.75 Å². The normalized spacial score (nSPS) is 22.5. The number of benzene rings is 1. The zero-order chi connectivity index (χ0) is 13.1. The highest BCUT2D eigenvalue weighted by molar-refractivity contribution is 14.0. The highest BCUT2D eigenvalue weighted by Crippen LogP contribution is 2.34. The van der Waals surface area contributed by atoms with Gasteiger partial charge in [-0.05, 0) is 18.9 Å². The van der Waals surface area contributed by atoms with Gasteiger partial charge in [0.25, 0.3) is 0 Å². The van der Waals surface area contributed by atoms with Crippen molar-refractivity contribution in [2.75, 3.05) is 19.7 Å². The molecule has 1 unspecified atom stereocenters. The number of nitrogens with two attached hydrogens (primary N) is 1. The average molecular weight is 387 g/mol.